The summed E-state index contributed by atoms with van der Waals surface area (Å²) in [4.78, 5) is 6.69. The van der Waals surface area contributed by atoms with Crippen molar-refractivity contribution >= 4 is 5.82 Å². The van der Waals surface area contributed by atoms with Crippen LogP contribution in [0.15, 0.2) is 0 Å². The van der Waals surface area contributed by atoms with Gasteiger partial charge in [-0.05, 0) is 37.3 Å². The van der Waals surface area contributed by atoms with Crippen LogP contribution in [0.2, 0.25) is 0 Å². The summed E-state index contributed by atoms with van der Waals surface area (Å²) in [5, 5.41) is 0. The summed E-state index contributed by atoms with van der Waals surface area (Å²) >= 11 is 0. The van der Waals surface area contributed by atoms with Crippen LogP contribution in [0.3, 0.4) is 0 Å². The number of hydrogen-bond acceptors (Lipinski definition) is 2. The third-order valence-electron chi connectivity index (χ3n) is 2.80. The van der Waals surface area contributed by atoms with Crippen LogP contribution in [0.25, 0.3) is 0 Å². The number of anilines is 1. The van der Waals surface area contributed by atoms with Crippen molar-refractivity contribution in [3.05, 3.63) is 22.9 Å². The molecule has 0 aliphatic carbocycles. The summed E-state index contributed by atoms with van der Waals surface area (Å²) in [6.45, 7) is 6.46. The Morgan fingerprint density at radius 3 is 2.44 bits per heavy atom. The molecule has 0 spiro atoms. The highest BCUT2D eigenvalue weighted by Gasteiger charge is 2.11. The van der Waals surface area contributed by atoms with Crippen LogP contribution >= 0.6 is 0 Å². The zero-order chi connectivity index (χ0) is 12.1. The molecule has 0 bridgehead atoms. The monoisotopic (exact) mass is 219 g/mol. The van der Waals surface area contributed by atoms with Gasteiger partial charge < -0.3 is 4.90 Å². The molecule has 0 aromatic carbocycles. The van der Waals surface area contributed by atoms with Gasteiger partial charge in [0.1, 0.15) is 5.82 Å². The average Bonchev–Trinajstić information content (AvgIpc) is 2.25. The topological polar surface area (TPSA) is 16.1 Å². The lowest BCUT2D eigenvalue weighted by molar-refractivity contribution is 0.781. The van der Waals surface area contributed by atoms with E-state index in [0.29, 0.717) is 0 Å². The maximum Gasteiger partial charge on any atom is 0.131 e. The van der Waals surface area contributed by atoms with E-state index >= 15 is 0 Å². The van der Waals surface area contributed by atoms with Gasteiger partial charge in [-0.2, -0.15) is 0 Å². The van der Waals surface area contributed by atoms with Crippen LogP contribution in [-0.4, -0.2) is 19.1 Å². The van der Waals surface area contributed by atoms with Crippen LogP contribution in [-0.2, 0) is 12.8 Å². The summed E-state index contributed by atoms with van der Waals surface area (Å²) in [5.74, 6) is 1.12. The summed E-state index contributed by atoms with van der Waals surface area (Å²) in [7, 11) is 4.12. The van der Waals surface area contributed by atoms with Crippen LogP contribution in [0, 0.1) is 13.0 Å². The number of unbranched alkanes of at least 4 members (excludes halogenated alkanes) is 1. The van der Waals surface area contributed by atoms with Gasteiger partial charge in [-0.25, -0.2) is 4.98 Å². The molecule has 0 N–H and O–H groups in total. The third-order valence-corrected chi connectivity index (χ3v) is 2.80. The first-order valence-electron chi connectivity index (χ1n) is 6.19. The molecule has 1 radical (unpaired) electrons. The highest BCUT2D eigenvalue weighted by molar-refractivity contribution is 5.50. The Labute approximate surface area is 99.7 Å². The van der Waals surface area contributed by atoms with E-state index < -0.39 is 0 Å². The first-order valence-corrected chi connectivity index (χ1v) is 6.19. The minimum atomic E-state index is 1.01. The van der Waals surface area contributed by atoms with Crippen LogP contribution < -0.4 is 4.90 Å². The Kier molecular flexibility index (Phi) is 4.78. The van der Waals surface area contributed by atoms with Crippen molar-refractivity contribution < 1.29 is 0 Å². The molecule has 0 aliphatic rings. The second kappa shape index (κ2) is 5.88. The van der Waals surface area contributed by atoms with E-state index in [1.165, 1.54) is 24.0 Å². The van der Waals surface area contributed by atoms with E-state index in [9.17, 15) is 0 Å². The van der Waals surface area contributed by atoms with E-state index in [1.807, 2.05) is 6.92 Å². The normalized spacial score (nSPS) is 10.6. The highest BCUT2D eigenvalue weighted by atomic mass is 15.1. The average molecular weight is 219 g/mol. The summed E-state index contributed by atoms with van der Waals surface area (Å²) in [5.41, 5.74) is 3.73. The zero-order valence-electron chi connectivity index (χ0n) is 11.2. The van der Waals surface area contributed by atoms with Crippen molar-refractivity contribution in [1.82, 2.24) is 4.98 Å². The molecule has 2 nitrogen and oxygen atoms in total. The Balaban J connectivity index is 3.14. The lowest BCUT2D eigenvalue weighted by atomic mass is 10.00. The Hall–Kier alpha value is -1.05. The first kappa shape index (κ1) is 13.0. The van der Waals surface area contributed by atoms with Gasteiger partial charge in [0.15, 0.2) is 0 Å². The number of aromatic nitrogens is 1. The highest BCUT2D eigenvalue weighted by Crippen LogP contribution is 2.23. The predicted molar refractivity (Wildman–Crippen MR) is 70.1 cm³/mol. The Bertz CT molecular complexity index is 343. The van der Waals surface area contributed by atoms with Crippen LogP contribution in [0.5, 0.6) is 0 Å². The Morgan fingerprint density at radius 1 is 1.25 bits per heavy atom. The molecule has 0 fully saturated rings. The molecule has 1 heterocycles. The minimum absolute atomic E-state index is 1.01. The van der Waals surface area contributed by atoms with E-state index in [-0.39, 0.29) is 0 Å². The molecular formula is C14H23N2. The van der Waals surface area contributed by atoms with Crippen molar-refractivity contribution in [3.8, 4) is 0 Å². The first-order chi connectivity index (χ1) is 7.60. The van der Waals surface area contributed by atoms with Crippen LogP contribution in [0.4, 0.5) is 5.82 Å². The summed E-state index contributed by atoms with van der Waals surface area (Å²) in [6.07, 6.45) is 4.63. The Morgan fingerprint density at radius 2 is 1.94 bits per heavy atom. The standard InChI is InChI=1S/C14H23N2/c1-6-8-9-12-10-11(3)15-14(16(4)5)13(12)7-2/h6-9H2,1-5H3. The van der Waals surface area contributed by atoms with E-state index in [2.05, 4.69) is 43.9 Å². The van der Waals surface area contributed by atoms with Crippen molar-refractivity contribution in [2.45, 2.75) is 46.5 Å². The van der Waals surface area contributed by atoms with E-state index in [1.54, 1.807) is 0 Å². The maximum absolute atomic E-state index is 4.58. The van der Waals surface area contributed by atoms with E-state index in [0.717, 1.165) is 24.4 Å². The third kappa shape index (κ3) is 2.97. The maximum atomic E-state index is 4.58. The molecular weight excluding hydrogens is 196 g/mol. The van der Waals surface area contributed by atoms with Gasteiger partial charge in [0.2, 0.25) is 0 Å². The van der Waals surface area contributed by atoms with Gasteiger partial charge in [0, 0.05) is 25.9 Å². The van der Waals surface area contributed by atoms with Gasteiger partial charge in [-0.1, -0.05) is 20.3 Å². The number of rotatable bonds is 5. The number of nitrogens with zero attached hydrogens (tertiary/aromatic N) is 2. The van der Waals surface area contributed by atoms with E-state index in [4.69, 9.17) is 0 Å². The molecule has 1 aromatic heterocycles. The van der Waals surface area contributed by atoms with Gasteiger partial charge in [-0.15, -0.1) is 0 Å². The molecule has 2 heteroatoms. The SMILES string of the molecule is CCCCc1[c]c(C)nc(N(C)C)c1CC. The quantitative estimate of drug-likeness (QED) is 0.756. The van der Waals surface area contributed by atoms with Gasteiger partial charge >= 0.3 is 0 Å². The smallest absolute Gasteiger partial charge is 0.131 e. The number of aryl methyl sites for hydroxylation is 2. The molecule has 89 valence electrons. The van der Waals surface area contributed by atoms with Crippen LogP contribution in [0.1, 0.15) is 43.5 Å². The number of pyridine rings is 1. The second-order valence-electron chi connectivity index (χ2n) is 4.45. The fourth-order valence-electron chi connectivity index (χ4n) is 1.99. The zero-order valence-corrected chi connectivity index (χ0v) is 11.2. The predicted octanol–water partition coefficient (Wildman–Crippen LogP) is 3.16. The fourth-order valence-corrected chi connectivity index (χ4v) is 1.99. The van der Waals surface area contributed by atoms with Crippen molar-refractivity contribution in [1.29, 1.82) is 0 Å². The summed E-state index contributed by atoms with van der Waals surface area (Å²) < 4.78 is 0. The molecule has 0 atom stereocenters. The lowest BCUT2D eigenvalue weighted by Crippen LogP contribution is -2.15. The molecule has 0 saturated carbocycles. The number of hydrogen-bond donors (Lipinski definition) is 0. The van der Waals surface area contributed by atoms with Gasteiger partial charge in [-0.3, -0.25) is 0 Å². The largest absolute Gasteiger partial charge is 0.363 e. The van der Waals surface area contributed by atoms with Crippen molar-refractivity contribution in [3.63, 3.8) is 0 Å². The molecule has 0 saturated heterocycles. The van der Waals surface area contributed by atoms with Crippen molar-refractivity contribution in [2.75, 3.05) is 19.0 Å². The van der Waals surface area contributed by atoms with Gasteiger partial charge in [0.25, 0.3) is 0 Å². The fraction of sp³-hybridized carbons (Fsp3) is 0.643. The molecule has 0 amide bonds. The molecule has 0 aliphatic heterocycles. The molecule has 1 aromatic rings. The van der Waals surface area contributed by atoms with Crippen molar-refractivity contribution in [2.24, 2.45) is 0 Å². The summed E-state index contributed by atoms with van der Waals surface area (Å²) in [6, 6.07) is 3.42. The van der Waals surface area contributed by atoms with Gasteiger partial charge in [0.05, 0.1) is 0 Å². The molecule has 1 rings (SSSR count). The lowest BCUT2D eigenvalue weighted by Gasteiger charge is -2.19. The minimum Gasteiger partial charge on any atom is -0.363 e. The second-order valence-corrected chi connectivity index (χ2v) is 4.45. The molecule has 16 heavy (non-hydrogen) atoms. The molecule has 0 unspecified atom stereocenters.